The number of halogens is 1. The molecule has 0 aliphatic rings. The van der Waals surface area contributed by atoms with Crippen LogP contribution < -0.4 is 5.32 Å². The monoisotopic (exact) mass is 403 g/mol. The lowest BCUT2D eigenvalue weighted by atomic mass is 10.3. The number of carbonyl (C=O) groups is 2. The molecule has 3 rings (SSSR count). The number of benzene rings is 1. The van der Waals surface area contributed by atoms with Gasteiger partial charge < -0.3 is 14.6 Å². The molecule has 0 saturated heterocycles. The number of furan rings is 1. The Bertz CT molecular complexity index is 996. The molecule has 0 atom stereocenters. The van der Waals surface area contributed by atoms with Gasteiger partial charge in [-0.3, -0.25) is 9.59 Å². The summed E-state index contributed by atoms with van der Waals surface area (Å²) in [6.45, 7) is 3.51. The van der Waals surface area contributed by atoms with Gasteiger partial charge in [0.05, 0.1) is 22.9 Å². The zero-order chi connectivity index (χ0) is 19.6. The number of aryl methyl sites for hydroxylation is 2. The number of nitrogens with zero attached hydrogens (tertiary/aromatic N) is 2. The van der Waals surface area contributed by atoms with Gasteiger partial charge in [0.1, 0.15) is 10.6 Å². The molecule has 0 aliphatic heterocycles. The van der Waals surface area contributed by atoms with Crippen molar-refractivity contribution < 1.29 is 14.0 Å². The second-order valence-corrected chi connectivity index (χ2v) is 7.44. The SMILES string of the molecule is Cc1ccc(-c2nc(C)c(C(=O)N(C)CC(=O)Nc3ccccc3Cl)s2)o1. The van der Waals surface area contributed by atoms with Crippen molar-refractivity contribution in [2.24, 2.45) is 0 Å². The number of carbonyl (C=O) groups excluding carboxylic acids is 2. The number of rotatable bonds is 5. The molecule has 8 heteroatoms. The van der Waals surface area contributed by atoms with Gasteiger partial charge in [0, 0.05) is 7.05 Å². The van der Waals surface area contributed by atoms with Crippen LogP contribution in [0, 0.1) is 13.8 Å². The molecule has 6 nitrogen and oxygen atoms in total. The third kappa shape index (κ3) is 4.37. The highest BCUT2D eigenvalue weighted by Gasteiger charge is 2.22. The maximum absolute atomic E-state index is 12.7. The standard InChI is InChI=1S/C19H18ClN3O3S/c1-11-8-9-15(26-11)18-21-12(2)17(27-18)19(25)23(3)10-16(24)22-14-7-5-4-6-13(14)20/h4-9H,10H2,1-3H3,(H,22,24). The smallest absolute Gasteiger partial charge is 0.266 e. The molecule has 27 heavy (non-hydrogen) atoms. The van der Waals surface area contributed by atoms with Crippen molar-refractivity contribution in [2.45, 2.75) is 13.8 Å². The van der Waals surface area contributed by atoms with Gasteiger partial charge in [0.25, 0.3) is 5.91 Å². The largest absolute Gasteiger partial charge is 0.459 e. The van der Waals surface area contributed by atoms with Crippen molar-refractivity contribution in [3.8, 4) is 10.8 Å². The lowest BCUT2D eigenvalue weighted by Gasteiger charge is -2.16. The summed E-state index contributed by atoms with van der Waals surface area (Å²) in [6, 6.07) is 10.6. The van der Waals surface area contributed by atoms with E-state index in [-0.39, 0.29) is 18.4 Å². The van der Waals surface area contributed by atoms with Crippen molar-refractivity contribution in [3.05, 3.63) is 57.8 Å². The number of hydrogen-bond donors (Lipinski definition) is 1. The van der Waals surface area contributed by atoms with Crippen LogP contribution in [0.2, 0.25) is 5.02 Å². The predicted molar refractivity (Wildman–Crippen MR) is 106 cm³/mol. The molecule has 3 aromatic rings. The fourth-order valence-electron chi connectivity index (χ4n) is 2.46. The summed E-state index contributed by atoms with van der Waals surface area (Å²) >= 11 is 7.28. The Morgan fingerprint density at radius 1 is 1.22 bits per heavy atom. The third-order valence-electron chi connectivity index (χ3n) is 3.82. The number of aromatic nitrogens is 1. The van der Waals surface area contributed by atoms with Crippen molar-refractivity contribution in [1.29, 1.82) is 0 Å². The van der Waals surface area contributed by atoms with Crippen LogP contribution in [0.25, 0.3) is 10.8 Å². The summed E-state index contributed by atoms with van der Waals surface area (Å²) in [5.41, 5.74) is 1.11. The van der Waals surface area contributed by atoms with Crippen molar-refractivity contribution >= 4 is 40.4 Å². The molecule has 2 aromatic heterocycles. The van der Waals surface area contributed by atoms with Crippen LogP contribution in [0.15, 0.2) is 40.8 Å². The zero-order valence-electron chi connectivity index (χ0n) is 15.1. The lowest BCUT2D eigenvalue weighted by Crippen LogP contribution is -2.34. The molecule has 1 aromatic carbocycles. The van der Waals surface area contributed by atoms with Gasteiger partial charge in [-0.05, 0) is 38.1 Å². The van der Waals surface area contributed by atoms with E-state index in [1.807, 2.05) is 19.1 Å². The minimum Gasteiger partial charge on any atom is -0.459 e. The number of hydrogen-bond acceptors (Lipinski definition) is 5. The molecule has 0 bridgehead atoms. The van der Waals surface area contributed by atoms with Gasteiger partial charge in [0.15, 0.2) is 10.8 Å². The molecular formula is C19H18ClN3O3S. The average molecular weight is 404 g/mol. The van der Waals surface area contributed by atoms with Crippen LogP contribution in [0.5, 0.6) is 0 Å². The summed E-state index contributed by atoms with van der Waals surface area (Å²) in [6.07, 6.45) is 0. The number of thiazole rings is 1. The summed E-state index contributed by atoms with van der Waals surface area (Å²) < 4.78 is 5.57. The highest BCUT2D eigenvalue weighted by molar-refractivity contribution is 7.17. The number of likely N-dealkylation sites (N-methyl/N-ethyl adjacent to an activating group) is 1. The first-order chi connectivity index (χ1) is 12.8. The number of nitrogens with one attached hydrogen (secondary N) is 1. The Hall–Kier alpha value is -2.64. The first-order valence-electron chi connectivity index (χ1n) is 8.19. The van der Waals surface area contributed by atoms with Crippen molar-refractivity contribution in [1.82, 2.24) is 9.88 Å². The van der Waals surface area contributed by atoms with Gasteiger partial charge in [-0.1, -0.05) is 23.7 Å². The Morgan fingerprint density at radius 2 is 1.96 bits per heavy atom. The van der Waals surface area contributed by atoms with E-state index in [0.717, 1.165) is 5.76 Å². The van der Waals surface area contributed by atoms with E-state index in [9.17, 15) is 9.59 Å². The maximum atomic E-state index is 12.7. The quantitative estimate of drug-likeness (QED) is 0.685. The van der Waals surface area contributed by atoms with E-state index in [0.29, 0.717) is 32.0 Å². The van der Waals surface area contributed by atoms with Crippen LogP contribution in [-0.4, -0.2) is 35.3 Å². The van der Waals surface area contributed by atoms with Gasteiger partial charge in [-0.15, -0.1) is 11.3 Å². The van der Waals surface area contributed by atoms with E-state index < -0.39 is 0 Å². The summed E-state index contributed by atoms with van der Waals surface area (Å²) in [7, 11) is 1.57. The van der Waals surface area contributed by atoms with Crippen molar-refractivity contribution in [2.75, 3.05) is 18.9 Å². The predicted octanol–water partition coefficient (Wildman–Crippen LogP) is 4.38. The molecule has 2 heterocycles. The Labute approximate surface area is 165 Å². The minimum absolute atomic E-state index is 0.101. The van der Waals surface area contributed by atoms with Crippen LogP contribution in [0.1, 0.15) is 21.1 Å². The van der Waals surface area contributed by atoms with Crippen LogP contribution in [-0.2, 0) is 4.79 Å². The highest BCUT2D eigenvalue weighted by Crippen LogP contribution is 2.30. The zero-order valence-corrected chi connectivity index (χ0v) is 16.6. The molecule has 140 valence electrons. The molecule has 1 N–H and O–H groups in total. The summed E-state index contributed by atoms with van der Waals surface area (Å²) in [5, 5.41) is 3.78. The van der Waals surface area contributed by atoms with E-state index >= 15 is 0 Å². The number of anilines is 1. The second-order valence-electron chi connectivity index (χ2n) is 6.03. The van der Waals surface area contributed by atoms with Crippen molar-refractivity contribution in [3.63, 3.8) is 0 Å². The summed E-state index contributed by atoms with van der Waals surface area (Å²) in [4.78, 5) is 31.2. The molecular weight excluding hydrogens is 386 g/mol. The van der Waals surface area contributed by atoms with E-state index in [1.165, 1.54) is 16.2 Å². The maximum Gasteiger partial charge on any atom is 0.266 e. The number of para-hydroxylation sites is 1. The fourth-order valence-corrected chi connectivity index (χ4v) is 3.67. The van der Waals surface area contributed by atoms with Crippen LogP contribution >= 0.6 is 22.9 Å². The highest BCUT2D eigenvalue weighted by atomic mass is 35.5. The van der Waals surface area contributed by atoms with Gasteiger partial charge in [-0.2, -0.15) is 0 Å². The third-order valence-corrected chi connectivity index (χ3v) is 5.31. The second kappa shape index (κ2) is 7.94. The normalized spacial score (nSPS) is 10.7. The first kappa shape index (κ1) is 19.1. The molecule has 0 saturated carbocycles. The molecule has 0 fully saturated rings. The Morgan fingerprint density at radius 3 is 2.63 bits per heavy atom. The first-order valence-corrected chi connectivity index (χ1v) is 9.38. The van der Waals surface area contributed by atoms with Gasteiger partial charge >= 0.3 is 0 Å². The Balaban J connectivity index is 1.69. The van der Waals surface area contributed by atoms with E-state index in [1.54, 1.807) is 38.2 Å². The van der Waals surface area contributed by atoms with Gasteiger partial charge in [-0.25, -0.2) is 4.98 Å². The lowest BCUT2D eigenvalue weighted by molar-refractivity contribution is -0.116. The average Bonchev–Trinajstić information content (AvgIpc) is 3.22. The van der Waals surface area contributed by atoms with E-state index in [2.05, 4.69) is 10.3 Å². The van der Waals surface area contributed by atoms with Gasteiger partial charge in [0.2, 0.25) is 5.91 Å². The molecule has 2 amide bonds. The minimum atomic E-state index is -0.331. The topological polar surface area (TPSA) is 75.4 Å². The van der Waals surface area contributed by atoms with E-state index in [4.69, 9.17) is 16.0 Å². The molecule has 0 spiro atoms. The summed E-state index contributed by atoms with van der Waals surface area (Å²) in [5.74, 6) is 0.801. The number of amides is 2. The Kier molecular flexibility index (Phi) is 5.62. The fraction of sp³-hybridized carbons (Fsp3) is 0.211. The molecule has 0 radical (unpaired) electrons. The molecule has 0 aliphatic carbocycles. The van der Waals surface area contributed by atoms with Crippen LogP contribution in [0.3, 0.4) is 0 Å². The van der Waals surface area contributed by atoms with Crippen LogP contribution in [0.4, 0.5) is 5.69 Å². The molecule has 0 unspecified atom stereocenters.